The van der Waals surface area contributed by atoms with Crippen LogP contribution in [0.2, 0.25) is 0 Å². The van der Waals surface area contributed by atoms with Gasteiger partial charge in [-0.05, 0) is 62.1 Å². The fraction of sp³-hybridized carbons (Fsp3) is 0.417. The van der Waals surface area contributed by atoms with Crippen molar-refractivity contribution in [3.63, 3.8) is 0 Å². The van der Waals surface area contributed by atoms with Crippen LogP contribution >= 0.6 is 0 Å². The van der Waals surface area contributed by atoms with Crippen LogP contribution in [-0.4, -0.2) is 40.9 Å². The molecular weight excluding hydrogens is 394 g/mol. The number of aromatic hydroxyl groups is 1. The van der Waals surface area contributed by atoms with Crippen molar-refractivity contribution < 1.29 is 19.7 Å². The van der Waals surface area contributed by atoms with Gasteiger partial charge in [0.05, 0.1) is 7.11 Å². The van der Waals surface area contributed by atoms with E-state index < -0.39 is 5.91 Å². The highest BCUT2D eigenvalue weighted by atomic mass is 16.5. The van der Waals surface area contributed by atoms with E-state index in [0.717, 1.165) is 35.5 Å². The highest BCUT2D eigenvalue weighted by Gasteiger charge is 2.16. The highest BCUT2D eigenvalue weighted by Crippen LogP contribution is 2.27. The standard InChI is InChI=1S/C24H31N3O4/c1-5-8-27-16(2)9-20(17(27)3)12-21(13-25)24(30)26-14-19(15-28)10-18-6-7-23(31-4)22(29)11-18/h6-7,9,11-12,19,28-29H,5,8,10,14-15H2,1-4H3,(H,26,30). The molecule has 1 amide bonds. The lowest BCUT2D eigenvalue weighted by Crippen LogP contribution is -2.32. The Morgan fingerprint density at radius 1 is 1.35 bits per heavy atom. The fourth-order valence-corrected chi connectivity index (χ4v) is 3.58. The number of benzene rings is 1. The molecule has 0 radical (unpaired) electrons. The van der Waals surface area contributed by atoms with Crippen molar-refractivity contribution in [1.29, 1.82) is 5.26 Å². The molecule has 0 aliphatic rings. The van der Waals surface area contributed by atoms with E-state index in [-0.39, 0.29) is 30.4 Å². The number of carbonyl (C=O) groups excluding carboxylic acids is 1. The van der Waals surface area contributed by atoms with Gasteiger partial charge in [0.1, 0.15) is 11.6 Å². The number of carbonyl (C=O) groups is 1. The van der Waals surface area contributed by atoms with Crippen molar-refractivity contribution in [3.05, 3.63) is 52.4 Å². The van der Waals surface area contributed by atoms with Gasteiger partial charge in [-0.25, -0.2) is 0 Å². The van der Waals surface area contributed by atoms with Gasteiger partial charge < -0.3 is 24.8 Å². The number of methoxy groups -OCH3 is 1. The molecule has 166 valence electrons. The Labute approximate surface area is 183 Å². The van der Waals surface area contributed by atoms with Gasteiger partial charge in [-0.15, -0.1) is 0 Å². The van der Waals surface area contributed by atoms with E-state index in [1.807, 2.05) is 26.0 Å². The highest BCUT2D eigenvalue weighted by molar-refractivity contribution is 6.01. The van der Waals surface area contributed by atoms with Gasteiger partial charge in [-0.1, -0.05) is 13.0 Å². The van der Waals surface area contributed by atoms with E-state index in [1.54, 1.807) is 24.3 Å². The molecule has 0 aliphatic carbocycles. The Morgan fingerprint density at radius 2 is 2.10 bits per heavy atom. The Hall–Kier alpha value is -3.24. The summed E-state index contributed by atoms with van der Waals surface area (Å²) in [5.74, 6) is -0.332. The van der Waals surface area contributed by atoms with Gasteiger partial charge >= 0.3 is 0 Å². The Bertz CT molecular complexity index is 985. The minimum absolute atomic E-state index is 0.0236. The first kappa shape index (κ1) is 24.0. The summed E-state index contributed by atoms with van der Waals surface area (Å²) in [6, 6.07) is 8.99. The maximum Gasteiger partial charge on any atom is 0.261 e. The largest absolute Gasteiger partial charge is 0.504 e. The number of ether oxygens (including phenoxy) is 1. The van der Waals surface area contributed by atoms with Gasteiger partial charge in [-0.2, -0.15) is 5.26 Å². The van der Waals surface area contributed by atoms with Crippen LogP contribution in [0.15, 0.2) is 29.8 Å². The number of phenolic OH excluding ortho intramolecular Hbond substituents is 1. The molecule has 0 aliphatic heterocycles. The normalized spacial score (nSPS) is 12.3. The molecule has 7 nitrogen and oxygen atoms in total. The molecule has 1 heterocycles. The predicted octanol–water partition coefficient (Wildman–Crippen LogP) is 3.10. The summed E-state index contributed by atoms with van der Waals surface area (Å²) < 4.78 is 7.21. The Balaban J connectivity index is 2.06. The summed E-state index contributed by atoms with van der Waals surface area (Å²) >= 11 is 0. The number of rotatable bonds is 10. The number of amides is 1. The van der Waals surface area contributed by atoms with E-state index in [0.29, 0.717) is 12.2 Å². The van der Waals surface area contributed by atoms with E-state index in [9.17, 15) is 20.3 Å². The van der Waals surface area contributed by atoms with Crippen molar-refractivity contribution in [2.75, 3.05) is 20.3 Å². The topological polar surface area (TPSA) is 108 Å². The molecule has 1 aromatic carbocycles. The third-order valence-corrected chi connectivity index (χ3v) is 5.30. The minimum atomic E-state index is -0.473. The molecule has 0 saturated carbocycles. The van der Waals surface area contributed by atoms with Crippen LogP contribution in [0.5, 0.6) is 11.5 Å². The van der Waals surface area contributed by atoms with Gasteiger partial charge in [0.2, 0.25) is 0 Å². The zero-order chi connectivity index (χ0) is 23.0. The summed E-state index contributed by atoms with van der Waals surface area (Å²) in [4.78, 5) is 12.6. The molecule has 2 aromatic rings. The quantitative estimate of drug-likeness (QED) is 0.400. The molecule has 31 heavy (non-hydrogen) atoms. The van der Waals surface area contributed by atoms with Crippen molar-refractivity contribution in [1.82, 2.24) is 9.88 Å². The summed E-state index contributed by atoms with van der Waals surface area (Å²) in [7, 11) is 1.47. The Morgan fingerprint density at radius 3 is 2.68 bits per heavy atom. The first-order valence-corrected chi connectivity index (χ1v) is 10.4. The number of aromatic nitrogens is 1. The fourth-order valence-electron chi connectivity index (χ4n) is 3.58. The van der Waals surface area contributed by atoms with Gasteiger partial charge in [0, 0.05) is 37.0 Å². The summed E-state index contributed by atoms with van der Waals surface area (Å²) in [5.41, 5.74) is 3.80. The molecule has 1 atom stereocenters. The average Bonchev–Trinajstić information content (AvgIpc) is 3.02. The number of phenols is 1. The molecule has 1 unspecified atom stereocenters. The van der Waals surface area contributed by atoms with Gasteiger partial charge in [0.25, 0.3) is 5.91 Å². The molecule has 1 aromatic heterocycles. The van der Waals surface area contributed by atoms with Gasteiger partial charge in [0.15, 0.2) is 11.5 Å². The number of hydrogen-bond acceptors (Lipinski definition) is 5. The maximum atomic E-state index is 12.6. The van der Waals surface area contributed by atoms with Crippen molar-refractivity contribution in [2.45, 2.75) is 40.2 Å². The number of aliphatic hydroxyl groups excluding tert-OH is 1. The molecule has 0 saturated heterocycles. The van der Waals surface area contributed by atoms with Crippen LogP contribution in [-0.2, 0) is 17.8 Å². The van der Waals surface area contributed by atoms with Crippen LogP contribution < -0.4 is 10.1 Å². The second-order valence-electron chi connectivity index (χ2n) is 7.62. The zero-order valence-corrected chi connectivity index (χ0v) is 18.6. The van der Waals surface area contributed by atoms with Gasteiger partial charge in [-0.3, -0.25) is 4.79 Å². The molecular formula is C24H31N3O4. The van der Waals surface area contributed by atoms with Crippen LogP contribution in [0.1, 0.15) is 35.9 Å². The Kier molecular flexibility index (Phi) is 8.71. The number of nitrogens with zero attached hydrogens (tertiary/aromatic N) is 2. The van der Waals surface area contributed by atoms with E-state index in [1.165, 1.54) is 7.11 Å². The third kappa shape index (κ3) is 6.12. The molecule has 7 heteroatoms. The van der Waals surface area contributed by atoms with Crippen LogP contribution in [0, 0.1) is 31.1 Å². The van der Waals surface area contributed by atoms with E-state index in [4.69, 9.17) is 4.74 Å². The molecule has 0 fully saturated rings. The SMILES string of the molecule is CCCn1c(C)cc(C=C(C#N)C(=O)NCC(CO)Cc2ccc(OC)c(O)c2)c1C. The molecule has 0 spiro atoms. The molecule has 3 N–H and O–H groups in total. The third-order valence-electron chi connectivity index (χ3n) is 5.30. The number of aliphatic hydroxyl groups is 1. The lowest BCUT2D eigenvalue weighted by Gasteiger charge is -2.16. The van der Waals surface area contributed by atoms with Crippen molar-refractivity contribution >= 4 is 12.0 Å². The lowest BCUT2D eigenvalue weighted by molar-refractivity contribution is -0.117. The average molecular weight is 426 g/mol. The summed E-state index contributed by atoms with van der Waals surface area (Å²) in [6.07, 6.45) is 3.07. The van der Waals surface area contributed by atoms with Crippen LogP contribution in [0.4, 0.5) is 0 Å². The minimum Gasteiger partial charge on any atom is -0.504 e. The number of nitrogens with one attached hydrogen (secondary N) is 1. The number of nitriles is 1. The van der Waals surface area contributed by atoms with Crippen molar-refractivity contribution in [3.8, 4) is 17.6 Å². The predicted molar refractivity (Wildman–Crippen MR) is 120 cm³/mol. The molecule has 2 rings (SSSR count). The first-order valence-electron chi connectivity index (χ1n) is 10.4. The number of aryl methyl sites for hydroxylation is 1. The second-order valence-corrected chi connectivity index (χ2v) is 7.62. The van der Waals surface area contributed by atoms with Crippen molar-refractivity contribution in [2.24, 2.45) is 5.92 Å². The van der Waals surface area contributed by atoms with E-state index in [2.05, 4.69) is 16.8 Å². The van der Waals surface area contributed by atoms with Crippen LogP contribution in [0.3, 0.4) is 0 Å². The summed E-state index contributed by atoms with van der Waals surface area (Å²) in [5, 5.41) is 31.9. The monoisotopic (exact) mass is 425 g/mol. The summed E-state index contributed by atoms with van der Waals surface area (Å²) in [6.45, 7) is 7.04. The smallest absolute Gasteiger partial charge is 0.261 e. The maximum absolute atomic E-state index is 12.6. The van der Waals surface area contributed by atoms with E-state index >= 15 is 0 Å². The first-order chi connectivity index (χ1) is 14.8. The number of hydrogen-bond donors (Lipinski definition) is 3. The zero-order valence-electron chi connectivity index (χ0n) is 18.6. The van der Waals surface area contributed by atoms with Crippen LogP contribution in [0.25, 0.3) is 6.08 Å². The molecule has 0 bridgehead atoms. The second kappa shape index (κ2) is 11.2. The lowest BCUT2D eigenvalue weighted by atomic mass is 9.99.